The van der Waals surface area contributed by atoms with Crippen LogP contribution in [0.15, 0.2) is 30.5 Å². The van der Waals surface area contributed by atoms with Crippen molar-refractivity contribution in [2.45, 2.75) is 44.1 Å². The number of benzene rings is 1. The van der Waals surface area contributed by atoms with Crippen molar-refractivity contribution in [2.75, 3.05) is 12.4 Å². The lowest BCUT2D eigenvalue weighted by molar-refractivity contribution is -0.272. The first-order chi connectivity index (χ1) is 16.2. The van der Waals surface area contributed by atoms with Gasteiger partial charge in [0.05, 0.1) is 24.6 Å². The summed E-state index contributed by atoms with van der Waals surface area (Å²) in [6.07, 6.45) is -8.89. The van der Waals surface area contributed by atoms with E-state index in [0.717, 1.165) is 39.3 Å². The second-order valence-electron chi connectivity index (χ2n) is 8.14. The largest absolute Gasteiger partial charge is 0.493 e. The molecule has 1 aliphatic rings. The normalized spacial score (nSPS) is 24.5. The molecule has 0 aliphatic carbocycles. The van der Waals surface area contributed by atoms with Crippen LogP contribution >= 0.6 is 0 Å². The van der Waals surface area contributed by atoms with Crippen LogP contribution < -0.4 is 15.8 Å². The highest BCUT2D eigenvalue weighted by molar-refractivity contribution is 5.96. The predicted molar refractivity (Wildman–Crippen MR) is 111 cm³/mol. The Morgan fingerprint density at radius 1 is 1.23 bits per heavy atom. The molecule has 0 unspecified atom stereocenters. The highest BCUT2D eigenvalue weighted by atomic mass is 19.4. The van der Waals surface area contributed by atoms with Gasteiger partial charge in [-0.15, -0.1) is 0 Å². The first-order valence-corrected chi connectivity index (χ1v) is 10.2. The number of halogens is 6. The van der Waals surface area contributed by atoms with Crippen molar-refractivity contribution in [3.63, 3.8) is 0 Å². The Morgan fingerprint density at radius 3 is 2.37 bits per heavy atom. The summed E-state index contributed by atoms with van der Waals surface area (Å²) in [5, 5.41) is 2.34. The third kappa shape index (κ3) is 4.64. The van der Waals surface area contributed by atoms with E-state index in [2.05, 4.69) is 10.3 Å². The first-order valence-electron chi connectivity index (χ1n) is 10.2. The fourth-order valence-electron chi connectivity index (χ4n) is 4.07. The average molecular weight is 505 g/mol. The van der Waals surface area contributed by atoms with Gasteiger partial charge in [-0.3, -0.25) is 9.59 Å². The van der Waals surface area contributed by atoms with Gasteiger partial charge in [-0.05, 0) is 25.1 Å². The second kappa shape index (κ2) is 9.36. The predicted octanol–water partition coefficient (Wildman–Crippen LogP) is 4.34. The fraction of sp³-hybridized carbons (Fsp3) is 0.409. The summed E-state index contributed by atoms with van der Waals surface area (Å²) in [5.74, 6) is -6.92. The van der Waals surface area contributed by atoms with Crippen molar-refractivity contribution in [2.24, 2.45) is 11.7 Å². The maximum Gasteiger partial charge on any atom is 0.417 e. The van der Waals surface area contributed by atoms with Gasteiger partial charge < -0.3 is 20.5 Å². The second-order valence-corrected chi connectivity index (χ2v) is 8.14. The minimum absolute atomic E-state index is 0.0156. The van der Waals surface area contributed by atoms with E-state index in [1.807, 2.05) is 0 Å². The third-order valence-electron chi connectivity index (χ3n) is 6.17. The number of hydrogen-bond acceptors (Lipinski definition) is 5. The molecule has 0 spiro atoms. The number of aromatic nitrogens is 1. The van der Waals surface area contributed by atoms with Crippen LogP contribution in [-0.4, -0.2) is 41.8 Å². The van der Waals surface area contributed by atoms with E-state index in [1.165, 1.54) is 12.1 Å². The van der Waals surface area contributed by atoms with Crippen LogP contribution in [0.3, 0.4) is 0 Å². The molecule has 35 heavy (non-hydrogen) atoms. The zero-order chi connectivity index (χ0) is 26.3. The number of alkyl halides is 5. The van der Waals surface area contributed by atoms with Crippen molar-refractivity contribution >= 4 is 17.5 Å². The number of primary amides is 1. The number of hydrogen-bond donors (Lipinski definition) is 2. The van der Waals surface area contributed by atoms with E-state index in [1.54, 1.807) is 0 Å². The van der Waals surface area contributed by atoms with Gasteiger partial charge in [0.1, 0.15) is 11.8 Å². The van der Waals surface area contributed by atoms with Crippen LogP contribution in [0.2, 0.25) is 0 Å². The van der Waals surface area contributed by atoms with Crippen LogP contribution in [0.25, 0.3) is 0 Å². The van der Waals surface area contributed by atoms with Crippen molar-refractivity contribution in [1.29, 1.82) is 0 Å². The van der Waals surface area contributed by atoms with Gasteiger partial charge in [-0.2, -0.15) is 13.2 Å². The molecular formula is C22H21F6N3O4. The number of nitrogens with two attached hydrogens (primary N) is 1. The Balaban J connectivity index is 2.07. The van der Waals surface area contributed by atoms with Gasteiger partial charge >= 0.3 is 6.18 Å². The highest BCUT2D eigenvalue weighted by Gasteiger charge is 2.65. The third-order valence-corrected chi connectivity index (χ3v) is 6.17. The number of anilines is 1. The molecule has 1 saturated heterocycles. The van der Waals surface area contributed by atoms with E-state index in [9.17, 15) is 35.9 Å². The number of carbonyl (C=O) groups excluding carboxylic acids is 2. The molecule has 1 fully saturated rings. The van der Waals surface area contributed by atoms with Crippen molar-refractivity contribution in [1.82, 2.24) is 4.98 Å². The standard InChI is InChI=1S/C22H21F6N3O4/c1-9-14(11-5-6-12(18(24)25)15(23)16(11)34-3)17(35-21(9,2)22(26,27)28)20(33)31-10-4-7-13(19(29)32)30-8-10/h4-9,14,17-18H,1-3H3,(H2,29,32)(H,31,33)/t9-,14-,17+,21+/m0/s1. The summed E-state index contributed by atoms with van der Waals surface area (Å²) < 4.78 is 93.2. The maximum atomic E-state index is 14.8. The number of ether oxygens (including phenoxy) is 2. The molecule has 1 aromatic carbocycles. The van der Waals surface area contributed by atoms with Gasteiger partial charge in [-0.25, -0.2) is 18.2 Å². The molecule has 190 valence electrons. The summed E-state index contributed by atoms with van der Waals surface area (Å²) in [6, 6.07) is 4.17. The Kier molecular flexibility index (Phi) is 7.02. The molecule has 13 heteroatoms. The number of rotatable bonds is 6. The Labute approximate surface area is 195 Å². The monoisotopic (exact) mass is 505 g/mol. The molecule has 0 radical (unpaired) electrons. The quantitative estimate of drug-likeness (QED) is 0.569. The van der Waals surface area contributed by atoms with Gasteiger partial charge in [0.2, 0.25) is 0 Å². The Bertz CT molecular complexity index is 1130. The lowest BCUT2D eigenvalue weighted by Crippen LogP contribution is -2.47. The molecule has 3 rings (SSSR count). The molecular weight excluding hydrogens is 484 g/mol. The lowest BCUT2D eigenvalue weighted by Gasteiger charge is -2.32. The summed E-state index contributed by atoms with van der Waals surface area (Å²) in [6.45, 7) is 1.91. The van der Waals surface area contributed by atoms with E-state index >= 15 is 0 Å². The molecule has 2 aromatic rings. The molecule has 0 saturated carbocycles. The molecule has 2 amide bonds. The minimum atomic E-state index is -4.93. The van der Waals surface area contributed by atoms with Crippen molar-refractivity contribution in [3.05, 3.63) is 53.1 Å². The molecule has 1 aliphatic heterocycles. The van der Waals surface area contributed by atoms with Crippen LogP contribution in [0.5, 0.6) is 5.75 Å². The molecule has 1 aromatic heterocycles. The summed E-state index contributed by atoms with van der Waals surface area (Å²) in [7, 11) is 0.974. The van der Waals surface area contributed by atoms with Gasteiger partial charge in [0.15, 0.2) is 17.2 Å². The minimum Gasteiger partial charge on any atom is -0.493 e. The lowest BCUT2D eigenvalue weighted by atomic mass is 9.76. The molecule has 2 heterocycles. The fourth-order valence-corrected chi connectivity index (χ4v) is 4.07. The van der Waals surface area contributed by atoms with Crippen LogP contribution in [0.1, 0.15) is 47.8 Å². The molecule has 4 atom stereocenters. The Morgan fingerprint density at radius 2 is 1.89 bits per heavy atom. The first kappa shape index (κ1) is 26.3. The number of methoxy groups -OCH3 is 1. The number of pyridine rings is 1. The topological polar surface area (TPSA) is 104 Å². The van der Waals surface area contributed by atoms with Crippen molar-refractivity contribution < 1.29 is 45.4 Å². The van der Waals surface area contributed by atoms with Gasteiger partial charge in [0, 0.05) is 17.4 Å². The SMILES string of the molecule is COc1c([C@H]2[C@H](C(=O)Nc3ccc(C(N)=O)nc3)O[C@@](C)(C(F)(F)F)[C@H]2C)ccc(C(F)F)c1F. The molecule has 3 N–H and O–H groups in total. The van der Waals surface area contributed by atoms with Crippen LogP contribution in [0, 0.1) is 11.7 Å². The number of nitrogens with zero attached hydrogens (tertiary/aromatic N) is 1. The number of amides is 2. The zero-order valence-corrected chi connectivity index (χ0v) is 18.6. The summed E-state index contributed by atoms with van der Waals surface area (Å²) >= 11 is 0. The van der Waals surface area contributed by atoms with Crippen LogP contribution in [0.4, 0.5) is 32.0 Å². The van der Waals surface area contributed by atoms with Crippen molar-refractivity contribution in [3.8, 4) is 5.75 Å². The average Bonchev–Trinajstić information content (AvgIpc) is 3.05. The van der Waals surface area contributed by atoms with E-state index in [0.29, 0.717) is 0 Å². The Hall–Kier alpha value is -3.35. The smallest absolute Gasteiger partial charge is 0.417 e. The summed E-state index contributed by atoms with van der Waals surface area (Å²) in [5.41, 5.74) is 0.920. The zero-order valence-electron chi connectivity index (χ0n) is 18.6. The van der Waals surface area contributed by atoms with Crippen LogP contribution in [-0.2, 0) is 9.53 Å². The van der Waals surface area contributed by atoms with E-state index in [4.69, 9.17) is 15.2 Å². The molecule has 7 nitrogen and oxygen atoms in total. The maximum absolute atomic E-state index is 14.8. The van der Waals surface area contributed by atoms with E-state index in [-0.39, 0.29) is 16.9 Å². The molecule has 0 bridgehead atoms. The number of carbonyl (C=O) groups is 2. The van der Waals surface area contributed by atoms with E-state index < -0.39 is 65.1 Å². The summed E-state index contributed by atoms with van der Waals surface area (Å²) in [4.78, 5) is 27.9. The van der Waals surface area contributed by atoms with Gasteiger partial charge in [-0.1, -0.05) is 13.0 Å². The van der Waals surface area contributed by atoms with Gasteiger partial charge in [0.25, 0.3) is 18.2 Å². The highest BCUT2D eigenvalue weighted by Crippen LogP contribution is 2.55. The number of nitrogens with one attached hydrogen (secondary N) is 1.